The summed E-state index contributed by atoms with van der Waals surface area (Å²) in [4.78, 5) is 11.2. The van der Waals surface area contributed by atoms with Crippen LogP contribution in [0.2, 0.25) is 0 Å². The van der Waals surface area contributed by atoms with Crippen LogP contribution in [0.3, 0.4) is 0 Å². The van der Waals surface area contributed by atoms with E-state index in [-0.39, 0.29) is 12.1 Å². The van der Waals surface area contributed by atoms with Gasteiger partial charge in [0.25, 0.3) is 0 Å². The second kappa shape index (κ2) is 8.11. The predicted molar refractivity (Wildman–Crippen MR) is 62.3 cm³/mol. The summed E-state index contributed by atoms with van der Waals surface area (Å²) in [7, 11) is 0. The van der Waals surface area contributed by atoms with E-state index in [0.29, 0.717) is 0 Å². The number of allylic oxidation sites excluding steroid dienone is 1. The molecule has 0 saturated carbocycles. The van der Waals surface area contributed by atoms with E-state index in [9.17, 15) is 4.79 Å². The molecule has 0 aliphatic carbocycles. The molecule has 0 N–H and O–H groups in total. The van der Waals surface area contributed by atoms with Gasteiger partial charge in [0.15, 0.2) is 6.10 Å². The van der Waals surface area contributed by atoms with Crippen LogP contribution in [-0.4, -0.2) is 12.1 Å². The molecular formula is C13H20O2. The van der Waals surface area contributed by atoms with Crippen molar-refractivity contribution in [1.29, 1.82) is 0 Å². The third kappa shape index (κ3) is 9.08. The van der Waals surface area contributed by atoms with E-state index in [4.69, 9.17) is 4.74 Å². The van der Waals surface area contributed by atoms with E-state index in [1.807, 2.05) is 13.8 Å². The molecule has 1 unspecified atom stereocenters. The first-order chi connectivity index (χ1) is 7.06. The highest BCUT2D eigenvalue weighted by atomic mass is 16.5. The number of esters is 1. The van der Waals surface area contributed by atoms with Crippen LogP contribution in [0.25, 0.3) is 0 Å². The molecule has 0 rings (SSSR count). The second-order valence-electron chi connectivity index (χ2n) is 3.73. The maximum absolute atomic E-state index is 11.2. The third-order valence-electron chi connectivity index (χ3n) is 1.66. The lowest BCUT2D eigenvalue weighted by molar-refractivity contribution is -0.139. The molecule has 0 radical (unpaired) electrons. The van der Waals surface area contributed by atoms with Crippen molar-refractivity contribution in [2.24, 2.45) is 0 Å². The molecular weight excluding hydrogens is 188 g/mol. The molecule has 0 bridgehead atoms. The molecule has 0 aromatic carbocycles. The van der Waals surface area contributed by atoms with Gasteiger partial charge in [0, 0.05) is 12.5 Å². The second-order valence-corrected chi connectivity index (χ2v) is 3.73. The smallest absolute Gasteiger partial charge is 0.331 e. The van der Waals surface area contributed by atoms with Gasteiger partial charge >= 0.3 is 5.97 Å². The maximum Gasteiger partial charge on any atom is 0.331 e. The molecule has 2 nitrogen and oxygen atoms in total. The van der Waals surface area contributed by atoms with E-state index < -0.39 is 0 Å². The van der Waals surface area contributed by atoms with E-state index in [1.165, 1.54) is 6.08 Å². The van der Waals surface area contributed by atoms with Crippen LogP contribution in [-0.2, 0) is 9.53 Å². The molecule has 0 amide bonds. The van der Waals surface area contributed by atoms with Crippen molar-refractivity contribution in [2.75, 3.05) is 0 Å². The molecule has 0 aliphatic heterocycles. The zero-order chi connectivity index (χ0) is 11.7. The maximum atomic E-state index is 11.2. The van der Waals surface area contributed by atoms with Gasteiger partial charge in [-0.25, -0.2) is 4.79 Å². The van der Waals surface area contributed by atoms with Gasteiger partial charge < -0.3 is 4.74 Å². The first-order valence-electron chi connectivity index (χ1n) is 5.40. The number of hydrogen-bond acceptors (Lipinski definition) is 2. The molecule has 0 fully saturated rings. The van der Waals surface area contributed by atoms with Crippen molar-refractivity contribution in [2.45, 2.75) is 53.1 Å². The van der Waals surface area contributed by atoms with E-state index in [0.717, 1.165) is 24.8 Å². The minimum absolute atomic E-state index is 0.313. The SMILES string of the molecule is CCCCC#CC(C)OC(=O)C=C(C)C. The largest absolute Gasteiger partial charge is 0.446 e. The fourth-order valence-corrected chi connectivity index (χ4v) is 0.954. The lowest BCUT2D eigenvalue weighted by Crippen LogP contribution is -2.10. The van der Waals surface area contributed by atoms with Crippen LogP contribution in [0.1, 0.15) is 47.0 Å². The lowest BCUT2D eigenvalue weighted by atomic mass is 10.2. The Balaban J connectivity index is 3.91. The Morgan fingerprint density at radius 2 is 2.13 bits per heavy atom. The summed E-state index contributed by atoms with van der Waals surface area (Å²) in [5, 5.41) is 0. The summed E-state index contributed by atoms with van der Waals surface area (Å²) in [5.41, 5.74) is 0.936. The minimum atomic E-state index is -0.315. The summed E-state index contributed by atoms with van der Waals surface area (Å²) in [5.74, 6) is 5.58. The number of carbonyl (C=O) groups is 1. The first-order valence-corrected chi connectivity index (χ1v) is 5.40. The van der Waals surface area contributed by atoms with E-state index >= 15 is 0 Å². The van der Waals surface area contributed by atoms with Gasteiger partial charge in [0.05, 0.1) is 0 Å². The summed E-state index contributed by atoms with van der Waals surface area (Å²) < 4.78 is 5.05. The number of ether oxygens (including phenoxy) is 1. The van der Waals surface area contributed by atoms with Gasteiger partial charge in [0.1, 0.15) is 0 Å². The van der Waals surface area contributed by atoms with Crippen LogP contribution in [0.4, 0.5) is 0 Å². The Kier molecular flexibility index (Phi) is 7.44. The number of unbranched alkanes of at least 4 members (excludes halogenated alkanes) is 2. The fraction of sp³-hybridized carbons (Fsp3) is 0.615. The summed E-state index contributed by atoms with van der Waals surface area (Å²) in [6.45, 7) is 7.63. The molecule has 84 valence electrons. The van der Waals surface area contributed by atoms with Crippen molar-refractivity contribution in [1.82, 2.24) is 0 Å². The molecule has 0 spiro atoms. The number of carbonyl (C=O) groups excluding carboxylic acids is 1. The van der Waals surface area contributed by atoms with Crippen LogP contribution in [0.15, 0.2) is 11.6 Å². The minimum Gasteiger partial charge on any atom is -0.446 e. The van der Waals surface area contributed by atoms with E-state index in [1.54, 1.807) is 6.92 Å². The van der Waals surface area contributed by atoms with E-state index in [2.05, 4.69) is 18.8 Å². The highest BCUT2D eigenvalue weighted by Crippen LogP contribution is 1.96. The van der Waals surface area contributed by atoms with Crippen molar-refractivity contribution in [3.05, 3.63) is 11.6 Å². The zero-order valence-electron chi connectivity index (χ0n) is 10.1. The van der Waals surface area contributed by atoms with Gasteiger partial charge in [-0.3, -0.25) is 0 Å². The Labute approximate surface area is 92.7 Å². The third-order valence-corrected chi connectivity index (χ3v) is 1.66. The van der Waals surface area contributed by atoms with Gasteiger partial charge in [0.2, 0.25) is 0 Å². The van der Waals surface area contributed by atoms with Crippen molar-refractivity contribution >= 4 is 5.97 Å². The molecule has 0 aromatic heterocycles. The summed E-state index contributed by atoms with van der Waals surface area (Å²) in [6.07, 6.45) is 4.28. The standard InChI is InChI=1S/C13H20O2/c1-5-6-7-8-9-12(4)15-13(14)10-11(2)3/h10,12H,5-7H2,1-4H3. The quantitative estimate of drug-likeness (QED) is 0.307. The molecule has 1 atom stereocenters. The zero-order valence-corrected chi connectivity index (χ0v) is 10.1. The topological polar surface area (TPSA) is 26.3 Å². The van der Waals surface area contributed by atoms with Gasteiger partial charge in [-0.2, -0.15) is 0 Å². The van der Waals surface area contributed by atoms with Gasteiger partial charge in [-0.05, 0) is 27.2 Å². The normalized spacial score (nSPS) is 10.9. The highest BCUT2D eigenvalue weighted by molar-refractivity contribution is 5.82. The predicted octanol–water partition coefficient (Wildman–Crippen LogP) is 3.08. The molecule has 2 heteroatoms. The number of rotatable bonds is 4. The molecule has 15 heavy (non-hydrogen) atoms. The van der Waals surface area contributed by atoms with Gasteiger partial charge in [-0.15, -0.1) is 0 Å². The number of hydrogen-bond donors (Lipinski definition) is 0. The van der Waals surface area contributed by atoms with Crippen LogP contribution >= 0.6 is 0 Å². The molecule has 0 aromatic rings. The molecule has 0 heterocycles. The first kappa shape index (κ1) is 13.8. The Morgan fingerprint density at radius 3 is 2.67 bits per heavy atom. The monoisotopic (exact) mass is 208 g/mol. The van der Waals surface area contributed by atoms with Crippen LogP contribution in [0.5, 0.6) is 0 Å². The van der Waals surface area contributed by atoms with Crippen molar-refractivity contribution < 1.29 is 9.53 Å². The molecule has 0 aliphatic rings. The molecule has 0 saturated heterocycles. The van der Waals surface area contributed by atoms with Crippen molar-refractivity contribution in [3.8, 4) is 11.8 Å². The summed E-state index contributed by atoms with van der Waals surface area (Å²) >= 11 is 0. The average molecular weight is 208 g/mol. The Morgan fingerprint density at radius 1 is 1.47 bits per heavy atom. The van der Waals surface area contributed by atoms with Crippen molar-refractivity contribution in [3.63, 3.8) is 0 Å². The lowest BCUT2D eigenvalue weighted by Gasteiger charge is -2.04. The van der Waals surface area contributed by atoms with Crippen LogP contribution < -0.4 is 0 Å². The summed E-state index contributed by atoms with van der Waals surface area (Å²) in [6, 6.07) is 0. The highest BCUT2D eigenvalue weighted by Gasteiger charge is 2.02. The Bertz CT molecular complexity index is 275. The fourth-order valence-electron chi connectivity index (χ4n) is 0.954. The van der Waals surface area contributed by atoms with Crippen LogP contribution in [0, 0.1) is 11.8 Å². The van der Waals surface area contributed by atoms with Gasteiger partial charge in [-0.1, -0.05) is 30.8 Å². The Hall–Kier alpha value is -1.23. The average Bonchev–Trinajstić information content (AvgIpc) is 2.10.